The third-order valence-corrected chi connectivity index (χ3v) is 8.46. The fourth-order valence-electron chi connectivity index (χ4n) is 6.40. The summed E-state index contributed by atoms with van der Waals surface area (Å²) >= 11 is 0. The minimum atomic E-state index is 0.859. The topological polar surface area (TPSA) is 29.5 Å². The summed E-state index contributed by atoms with van der Waals surface area (Å²) in [4.78, 5) is 2.29. The average Bonchev–Trinajstić information content (AvgIpc) is 3.65. The zero-order chi connectivity index (χ0) is 28.3. The van der Waals surface area contributed by atoms with Crippen LogP contribution in [-0.4, -0.2) is 0 Å². The van der Waals surface area contributed by atoms with Crippen molar-refractivity contribution < 1.29 is 8.83 Å². The second-order valence-electron chi connectivity index (χ2n) is 10.9. The van der Waals surface area contributed by atoms with Gasteiger partial charge in [-0.3, -0.25) is 0 Å². The zero-order valence-electron chi connectivity index (χ0n) is 23.2. The number of benzene rings is 7. The Bertz CT molecular complexity index is 2450. The molecule has 202 valence electrons. The van der Waals surface area contributed by atoms with Crippen LogP contribution in [0.4, 0.5) is 17.1 Å². The lowest BCUT2D eigenvalue weighted by Crippen LogP contribution is -2.10. The first kappa shape index (κ1) is 23.9. The first-order valence-electron chi connectivity index (χ1n) is 14.5. The van der Waals surface area contributed by atoms with E-state index in [1.165, 1.54) is 16.5 Å². The van der Waals surface area contributed by atoms with Gasteiger partial charge in [-0.05, 0) is 65.0 Å². The zero-order valence-corrected chi connectivity index (χ0v) is 23.2. The van der Waals surface area contributed by atoms with E-state index in [2.05, 4.69) is 138 Å². The summed E-state index contributed by atoms with van der Waals surface area (Å²) in [5.41, 5.74) is 8.96. The van der Waals surface area contributed by atoms with E-state index in [1.54, 1.807) is 0 Å². The van der Waals surface area contributed by atoms with E-state index < -0.39 is 0 Å². The Labute approximate surface area is 247 Å². The Hall–Kier alpha value is -5.80. The highest BCUT2D eigenvalue weighted by atomic mass is 16.3. The monoisotopic (exact) mass is 551 g/mol. The molecule has 0 N–H and O–H groups in total. The van der Waals surface area contributed by atoms with Crippen molar-refractivity contribution in [2.75, 3.05) is 4.90 Å². The molecule has 0 aliphatic carbocycles. The molecular formula is C40H25NO2. The molecule has 0 bridgehead atoms. The number of rotatable bonds is 4. The van der Waals surface area contributed by atoms with Gasteiger partial charge >= 0.3 is 0 Å². The third-order valence-electron chi connectivity index (χ3n) is 8.46. The Morgan fingerprint density at radius 3 is 1.93 bits per heavy atom. The molecule has 9 rings (SSSR count). The van der Waals surface area contributed by atoms with Crippen LogP contribution in [0.1, 0.15) is 0 Å². The number of hydrogen-bond donors (Lipinski definition) is 0. The van der Waals surface area contributed by atoms with Gasteiger partial charge in [-0.25, -0.2) is 0 Å². The van der Waals surface area contributed by atoms with Crippen LogP contribution in [0.2, 0.25) is 0 Å². The van der Waals surface area contributed by atoms with Crippen LogP contribution in [0.15, 0.2) is 160 Å². The van der Waals surface area contributed by atoms with E-state index in [4.69, 9.17) is 8.83 Å². The molecule has 0 saturated carbocycles. The number of anilines is 3. The number of furan rings is 2. The molecule has 0 unspecified atom stereocenters. The van der Waals surface area contributed by atoms with Crippen molar-refractivity contribution in [3.63, 3.8) is 0 Å². The van der Waals surface area contributed by atoms with Gasteiger partial charge in [0.1, 0.15) is 16.7 Å². The molecule has 0 atom stereocenters. The fourth-order valence-corrected chi connectivity index (χ4v) is 6.40. The van der Waals surface area contributed by atoms with Crippen molar-refractivity contribution in [2.24, 2.45) is 0 Å². The summed E-state index contributed by atoms with van der Waals surface area (Å²) in [6, 6.07) is 53.1. The molecule has 9 aromatic rings. The summed E-state index contributed by atoms with van der Waals surface area (Å²) in [5, 5.41) is 6.69. The van der Waals surface area contributed by atoms with Crippen molar-refractivity contribution in [1.29, 1.82) is 0 Å². The maximum Gasteiger partial charge on any atom is 0.159 e. The fraction of sp³-hybridized carbons (Fsp3) is 0. The Balaban J connectivity index is 1.30. The third kappa shape index (κ3) is 3.75. The quantitative estimate of drug-likeness (QED) is 0.218. The molecule has 7 aromatic carbocycles. The number of para-hydroxylation sites is 2. The summed E-state index contributed by atoms with van der Waals surface area (Å²) in [6.45, 7) is 0. The second kappa shape index (κ2) is 9.37. The SMILES string of the molecule is c1ccc(-c2ccc(N(c3ccc4oc5ccccc5c4c3)c3cccc4c3oc3c5ccccc5ccc43)cc2)cc1. The van der Waals surface area contributed by atoms with Gasteiger partial charge in [0.05, 0.1) is 5.69 Å². The van der Waals surface area contributed by atoms with Crippen LogP contribution in [0.25, 0.3) is 65.8 Å². The van der Waals surface area contributed by atoms with Crippen LogP contribution in [0.3, 0.4) is 0 Å². The van der Waals surface area contributed by atoms with E-state index in [0.29, 0.717) is 0 Å². The molecular weight excluding hydrogens is 526 g/mol. The van der Waals surface area contributed by atoms with Crippen molar-refractivity contribution in [1.82, 2.24) is 0 Å². The van der Waals surface area contributed by atoms with Crippen molar-refractivity contribution in [2.45, 2.75) is 0 Å². The lowest BCUT2D eigenvalue weighted by atomic mass is 10.0. The van der Waals surface area contributed by atoms with E-state index >= 15 is 0 Å². The van der Waals surface area contributed by atoms with Crippen LogP contribution < -0.4 is 4.90 Å². The second-order valence-corrected chi connectivity index (χ2v) is 10.9. The predicted octanol–water partition coefficient (Wildman–Crippen LogP) is 11.8. The van der Waals surface area contributed by atoms with Crippen LogP contribution in [-0.2, 0) is 0 Å². The summed E-state index contributed by atoms with van der Waals surface area (Å²) < 4.78 is 13.0. The van der Waals surface area contributed by atoms with Gasteiger partial charge in [-0.15, -0.1) is 0 Å². The van der Waals surface area contributed by atoms with Gasteiger partial charge in [0, 0.05) is 38.3 Å². The smallest absolute Gasteiger partial charge is 0.159 e. The van der Waals surface area contributed by atoms with Crippen LogP contribution in [0, 0.1) is 0 Å². The largest absolute Gasteiger partial charge is 0.456 e. The highest BCUT2D eigenvalue weighted by Crippen LogP contribution is 2.45. The van der Waals surface area contributed by atoms with Gasteiger partial charge in [-0.2, -0.15) is 0 Å². The standard InChI is InChI=1S/C40H25NO2/c1-2-9-26(10-3-1)27-17-20-29(21-18-27)41(30-22-24-38-35(25-30)32-13-6-7-16-37(32)42-38)36-15-8-14-33-34-23-19-28-11-4-5-12-31(28)39(34)43-40(33)36/h1-25H. The van der Waals surface area contributed by atoms with Crippen LogP contribution in [0.5, 0.6) is 0 Å². The highest BCUT2D eigenvalue weighted by Gasteiger charge is 2.21. The number of nitrogens with zero attached hydrogens (tertiary/aromatic N) is 1. The molecule has 2 aromatic heterocycles. The minimum absolute atomic E-state index is 0.859. The molecule has 0 spiro atoms. The summed E-state index contributed by atoms with van der Waals surface area (Å²) in [6.07, 6.45) is 0. The molecule has 2 heterocycles. The Morgan fingerprint density at radius 1 is 0.372 bits per heavy atom. The molecule has 0 aliphatic rings. The lowest BCUT2D eigenvalue weighted by molar-refractivity contribution is 0.669. The number of hydrogen-bond acceptors (Lipinski definition) is 3. The molecule has 3 heteroatoms. The van der Waals surface area contributed by atoms with Crippen molar-refractivity contribution in [3.05, 3.63) is 152 Å². The first-order valence-corrected chi connectivity index (χ1v) is 14.5. The van der Waals surface area contributed by atoms with Crippen LogP contribution >= 0.6 is 0 Å². The van der Waals surface area contributed by atoms with Gasteiger partial charge in [0.2, 0.25) is 0 Å². The number of fused-ring (bicyclic) bond motifs is 8. The summed E-state index contributed by atoms with van der Waals surface area (Å²) in [7, 11) is 0. The molecule has 0 radical (unpaired) electrons. The lowest BCUT2D eigenvalue weighted by Gasteiger charge is -2.26. The predicted molar refractivity (Wildman–Crippen MR) is 179 cm³/mol. The molecule has 43 heavy (non-hydrogen) atoms. The maximum absolute atomic E-state index is 6.80. The Morgan fingerprint density at radius 2 is 1.05 bits per heavy atom. The molecule has 0 saturated heterocycles. The Kier molecular flexibility index (Phi) is 5.20. The first-order chi connectivity index (χ1) is 21.3. The molecule has 0 fully saturated rings. The summed E-state index contributed by atoms with van der Waals surface area (Å²) in [5.74, 6) is 0. The van der Waals surface area contributed by atoms with E-state index in [9.17, 15) is 0 Å². The van der Waals surface area contributed by atoms with Gasteiger partial charge in [0.15, 0.2) is 5.58 Å². The van der Waals surface area contributed by atoms with E-state index in [1.807, 2.05) is 18.2 Å². The van der Waals surface area contributed by atoms with Crippen molar-refractivity contribution in [3.8, 4) is 11.1 Å². The van der Waals surface area contributed by atoms with Gasteiger partial charge in [0.25, 0.3) is 0 Å². The average molecular weight is 552 g/mol. The molecule has 0 amide bonds. The highest BCUT2D eigenvalue weighted by molar-refractivity contribution is 6.17. The molecule has 0 aliphatic heterocycles. The van der Waals surface area contributed by atoms with E-state index in [-0.39, 0.29) is 0 Å². The van der Waals surface area contributed by atoms with E-state index in [0.717, 1.165) is 66.3 Å². The maximum atomic E-state index is 6.80. The van der Waals surface area contributed by atoms with Gasteiger partial charge in [-0.1, -0.05) is 103 Å². The minimum Gasteiger partial charge on any atom is -0.456 e. The molecule has 3 nitrogen and oxygen atoms in total. The van der Waals surface area contributed by atoms with Crippen molar-refractivity contribution >= 4 is 71.7 Å². The normalized spacial score (nSPS) is 11.7. The van der Waals surface area contributed by atoms with Gasteiger partial charge < -0.3 is 13.7 Å².